The summed E-state index contributed by atoms with van der Waals surface area (Å²) in [7, 11) is -3.42. The van der Waals surface area contributed by atoms with Crippen molar-refractivity contribution in [3.8, 4) is 0 Å². The summed E-state index contributed by atoms with van der Waals surface area (Å²) in [5.41, 5.74) is 1.05. The number of rotatable bonds is 4. The predicted molar refractivity (Wildman–Crippen MR) is 96.1 cm³/mol. The van der Waals surface area contributed by atoms with Crippen molar-refractivity contribution in [2.45, 2.75) is 31.6 Å². The van der Waals surface area contributed by atoms with Crippen LogP contribution in [0.4, 0.5) is 5.13 Å². The van der Waals surface area contributed by atoms with Gasteiger partial charge in [0.05, 0.1) is 4.90 Å². The molecule has 0 unspecified atom stereocenters. The van der Waals surface area contributed by atoms with Crippen LogP contribution in [-0.4, -0.2) is 48.3 Å². The van der Waals surface area contributed by atoms with Crippen LogP contribution in [0, 0.1) is 6.92 Å². The second kappa shape index (κ2) is 6.78. The van der Waals surface area contributed by atoms with E-state index in [9.17, 15) is 8.42 Å². The molecule has 0 atom stereocenters. The number of hydrogen-bond donors (Lipinski definition) is 0. The average Bonchev–Trinajstić information content (AvgIpc) is 3.06. The lowest BCUT2D eigenvalue weighted by Gasteiger charge is -2.33. The maximum atomic E-state index is 12.7. The van der Waals surface area contributed by atoms with Gasteiger partial charge in [-0.3, -0.25) is 0 Å². The Balaban J connectivity index is 1.68. The molecule has 1 aromatic carbocycles. The molecule has 0 amide bonds. The van der Waals surface area contributed by atoms with Crippen molar-refractivity contribution in [1.29, 1.82) is 0 Å². The van der Waals surface area contributed by atoms with Crippen LogP contribution in [0.1, 0.15) is 31.2 Å². The van der Waals surface area contributed by atoms with Gasteiger partial charge in [0, 0.05) is 43.6 Å². The Hall–Kier alpha value is -1.51. The van der Waals surface area contributed by atoms with Crippen LogP contribution in [0.5, 0.6) is 0 Å². The Morgan fingerprint density at radius 1 is 1.08 bits per heavy atom. The molecule has 2 heterocycles. The van der Waals surface area contributed by atoms with Crippen LogP contribution >= 0.6 is 11.5 Å². The van der Waals surface area contributed by atoms with E-state index >= 15 is 0 Å². The van der Waals surface area contributed by atoms with Crippen LogP contribution in [0.25, 0.3) is 0 Å². The topological polar surface area (TPSA) is 66.4 Å². The highest BCUT2D eigenvalue weighted by Crippen LogP contribution is 2.24. The first-order valence-electron chi connectivity index (χ1n) is 8.03. The Bertz CT molecular complexity index is 792. The first kappa shape index (κ1) is 17.3. The highest BCUT2D eigenvalue weighted by Gasteiger charge is 2.29. The largest absolute Gasteiger partial charge is 0.344 e. The van der Waals surface area contributed by atoms with Gasteiger partial charge < -0.3 is 4.90 Å². The molecule has 1 saturated heterocycles. The van der Waals surface area contributed by atoms with Crippen LogP contribution < -0.4 is 4.90 Å². The molecule has 0 bridgehead atoms. The lowest BCUT2D eigenvalue weighted by Crippen LogP contribution is -2.48. The molecular weight excluding hydrogens is 344 g/mol. The molecule has 1 aromatic heterocycles. The Labute approximate surface area is 147 Å². The standard InChI is InChI=1S/C16H22N4O2S2/c1-12(2)15-17-16(23-18-15)19-8-10-20(11-9-19)24(21,22)14-6-4-13(3)5-7-14/h4-7,12H,8-11H2,1-3H3. The lowest BCUT2D eigenvalue weighted by molar-refractivity contribution is 0.384. The van der Waals surface area contributed by atoms with Gasteiger partial charge in [-0.1, -0.05) is 31.5 Å². The van der Waals surface area contributed by atoms with Crippen molar-refractivity contribution in [3.63, 3.8) is 0 Å². The fourth-order valence-electron chi connectivity index (χ4n) is 2.57. The minimum Gasteiger partial charge on any atom is -0.344 e. The van der Waals surface area contributed by atoms with Crippen molar-refractivity contribution in [1.82, 2.24) is 13.7 Å². The molecule has 6 nitrogen and oxygen atoms in total. The van der Waals surface area contributed by atoms with Crippen LogP contribution in [0.2, 0.25) is 0 Å². The highest BCUT2D eigenvalue weighted by molar-refractivity contribution is 7.89. The van der Waals surface area contributed by atoms with Crippen LogP contribution in [0.3, 0.4) is 0 Å². The number of aryl methyl sites for hydroxylation is 1. The molecule has 0 spiro atoms. The van der Waals surface area contributed by atoms with E-state index in [1.807, 2.05) is 19.1 Å². The van der Waals surface area contributed by atoms with E-state index in [0.29, 0.717) is 37.0 Å². The molecule has 8 heteroatoms. The zero-order valence-corrected chi connectivity index (χ0v) is 15.8. The number of hydrogen-bond acceptors (Lipinski definition) is 6. The normalized spacial score (nSPS) is 16.8. The Morgan fingerprint density at radius 2 is 1.71 bits per heavy atom. The number of benzene rings is 1. The summed E-state index contributed by atoms with van der Waals surface area (Å²) in [4.78, 5) is 7.03. The summed E-state index contributed by atoms with van der Waals surface area (Å²) in [6.45, 7) is 8.29. The predicted octanol–water partition coefficient (Wildman–Crippen LogP) is 2.48. The van der Waals surface area contributed by atoms with Gasteiger partial charge >= 0.3 is 0 Å². The molecule has 130 valence electrons. The zero-order valence-electron chi connectivity index (χ0n) is 14.1. The smallest absolute Gasteiger partial charge is 0.243 e. The van der Waals surface area contributed by atoms with E-state index in [2.05, 4.69) is 28.1 Å². The number of piperazine rings is 1. The van der Waals surface area contributed by atoms with Gasteiger partial charge in [-0.25, -0.2) is 13.4 Å². The van der Waals surface area contributed by atoms with E-state index in [0.717, 1.165) is 16.5 Å². The summed E-state index contributed by atoms with van der Waals surface area (Å²) in [5, 5.41) is 0.881. The first-order chi connectivity index (χ1) is 11.4. The molecule has 0 radical (unpaired) electrons. The molecular formula is C16H22N4O2S2. The third-order valence-corrected chi connectivity index (χ3v) is 6.82. The van der Waals surface area contributed by atoms with Gasteiger partial charge in [0.25, 0.3) is 0 Å². The van der Waals surface area contributed by atoms with Crippen LogP contribution in [0.15, 0.2) is 29.2 Å². The van der Waals surface area contributed by atoms with Crippen LogP contribution in [-0.2, 0) is 10.0 Å². The number of sulfonamides is 1. The maximum absolute atomic E-state index is 12.7. The van der Waals surface area contributed by atoms with E-state index < -0.39 is 10.0 Å². The van der Waals surface area contributed by atoms with Gasteiger partial charge in [0.2, 0.25) is 15.2 Å². The summed E-state index contributed by atoms with van der Waals surface area (Å²) in [6, 6.07) is 7.02. The molecule has 0 N–H and O–H groups in total. The molecule has 2 aromatic rings. The molecule has 0 saturated carbocycles. The van der Waals surface area contributed by atoms with Crippen molar-refractivity contribution in [3.05, 3.63) is 35.7 Å². The van der Waals surface area contributed by atoms with Gasteiger partial charge in [-0.05, 0) is 19.1 Å². The summed E-state index contributed by atoms with van der Waals surface area (Å²) in [5.74, 6) is 1.16. The minimum atomic E-state index is -3.42. The average molecular weight is 367 g/mol. The number of anilines is 1. The number of aromatic nitrogens is 2. The fraction of sp³-hybridized carbons (Fsp3) is 0.500. The SMILES string of the molecule is Cc1ccc(S(=O)(=O)N2CCN(c3nc(C(C)C)ns3)CC2)cc1. The molecule has 1 aliphatic rings. The van der Waals surface area contributed by atoms with Crippen molar-refractivity contribution >= 4 is 26.7 Å². The van der Waals surface area contributed by atoms with Crippen molar-refractivity contribution in [2.75, 3.05) is 31.1 Å². The van der Waals surface area contributed by atoms with Gasteiger partial charge in [-0.15, -0.1) is 0 Å². The molecule has 0 aliphatic carbocycles. The van der Waals surface area contributed by atoms with Gasteiger partial charge in [0.15, 0.2) is 0 Å². The molecule has 3 rings (SSSR count). The minimum absolute atomic E-state index is 0.304. The molecule has 1 aliphatic heterocycles. The first-order valence-corrected chi connectivity index (χ1v) is 10.2. The van der Waals surface area contributed by atoms with E-state index in [-0.39, 0.29) is 0 Å². The summed E-state index contributed by atoms with van der Waals surface area (Å²) < 4.78 is 31.4. The second-order valence-electron chi connectivity index (χ2n) is 6.29. The Morgan fingerprint density at radius 3 is 2.25 bits per heavy atom. The van der Waals surface area contributed by atoms with E-state index in [1.165, 1.54) is 11.5 Å². The summed E-state index contributed by atoms with van der Waals surface area (Å²) in [6.07, 6.45) is 0. The molecule has 1 fully saturated rings. The molecule has 24 heavy (non-hydrogen) atoms. The Kier molecular flexibility index (Phi) is 4.89. The monoisotopic (exact) mass is 366 g/mol. The second-order valence-corrected chi connectivity index (χ2v) is 8.96. The lowest BCUT2D eigenvalue weighted by atomic mass is 10.2. The quantitative estimate of drug-likeness (QED) is 0.832. The van der Waals surface area contributed by atoms with E-state index in [1.54, 1.807) is 16.4 Å². The maximum Gasteiger partial charge on any atom is 0.243 e. The van der Waals surface area contributed by atoms with Gasteiger partial charge in [0.1, 0.15) is 5.82 Å². The summed E-state index contributed by atoms with van der Waals surface area (Å²) >= 11 is 1.39. The highest BCUT2D eigenvalue weighted by atomic mass is 32.2. The van der Waals surface area contributed by atoms with Gasteiger partial charge in [-0.2, -0.15) is 8.68 Å². The third-order valence-electron chi connectivity index (χ3n) is 4.12. The number of nitrogens with zero attached hydrogens (tertiary/aromatic N) is 4. The zero-order chi connectivity index (χ0) is 17.3. The van der Waals surface area contributed by atoms with E-state index in [4.69, 9.17) is 0 Å². The van der Waals surface area contributed by atoms with Crippen molar-refractivity contribution < 1.29 is 8.42 Å². The van der Waals surface area contributed by atoms with Crippen molar-refractivity contribution in [2.24, 2.45) is 0 Å². The fourth-order valence-corrected chi connectivity index (χ4v) is 4.85. The third kappa shape index (κ3) is 3.45.